The van der Waals surface area contributed by atoms with Crippen molar-refractivity contribution in [2.24, 2.45) is 5.92 Å². The molecule has 1 atom stereocenters. The van der Waals surface area contributed by atoms with Gasteiger partial charge in [0.25, 0.3) is 0 Å². The van der Waals surface area contributed by atoms with Crippen LogP contribution in [0.4, 0.5) is 5.69 Å². The molecule has 1 aromatic carbocycles. The fourth-order valence-corrected chi connectivity index (χ4v) is 3.94. The molecule has 1 unspecified atom stereocenters. The minimum atomic E-state index is -3.57. The summed E-state index contributed by atoms with van der Waals surface area (Å²) in [4.78, 5) is 0.0875. The summed E-state index contributed by atoms with van der Waals surface area (Å²) in [5.41, 5.74) is 6.00. The monoisotopic (exact) mass is 288 g/mol. The van der Waals surface area contributed by atoms with E-state index < -0.39 is 10.0 Å². The van der Waals surface area contributed by atoms with Crippen LogP contribution in [-0.2, 0) is 10.0 Å². The summed E-state index contributed by atoms with van der Waals surface area (Å²) in [6.45, 7) is 1.90. The third-order valence-electron chi connectivity index (χ3n) is 3.44. The first kappa shape index (κ1) is 13.6. The average molecular weight is 289 g/mol. The van der Waals surface area contributed by atoms with E-state index in [0.29, 0.717) is 11.6 Å². The lowest BCUT2D eigenvalue weighted by molar-refractivity contribution is 0.260. The zero-order valence-corrected chi connectivity index (χ0v) is 11.8. The number of nitrogen functional groups attached to an aromatic ring is 1. The molecular weight excluding hydrogens is 272 g/mol. The molecule has 0 radical (unpaired) electrons. The van der Waals surface area contributed by atoms with E-state index in [1.807, 2.05) is 6.92 Å². The zero-order chi connectivity index (χ0) is 13.3. The van der Waals surface area contributed by atoms with Crippen molar-refractivity contribution in [3.05, 3.63) is 23.2 Å². The molecule has 0 bridgehead atoms. The molecule has 18 heavy (non-hydrogen) atoms. The van der Waals surface area contributed by atoms with Crippen LogP contribution in [0.1, 0.15) is 26.2 Å². The molecule has 1 fully saturated rings. The van der Waals surface area contributed by atoms with E-state index in [1.165, 1.54) is 24.6 Å². The zero-order valence-electron chi connectivity index (χ0n) is 10.2. The van der Waals surface area contributed by atoms with E-state index in [-0.39, 0.29) is 16.0 Å². The summed E-state index contributed by atoms with van der Waals surface area (Å²) in [7, 11) is -3.57. The number of halogens is 1. The van der Waals surface area contributed by atoms with E-state index in [2.05, 4.69) is 4.72 Å². The lowest BCUT2D eigenvalue weighted by Crippen LogP contribution is -2.40. The summed E-state index contributed by atoms with van der Waals surface area (Å²) in [5, 5.41) is 0.156. The van der Waals surface area contributed by atoms with Crippen LogP contribution in [0.2, 0.25) is 5.02 Å². The van der Waals surface area contributed by atoms with Gasteiger partial charge < -0.3 is 5.73 Å². The fourth-order valence-electron chi connectivity index (χ4n) is 2.08. The Kier molecular flexibility index (Phi) is 3.84. The molecule has 2 rings (SSSR count). The van der Waals surface area contributed by atoms with E-state index in [0.717, 1.165) is 12.8 Å². The first-order valence-corrected chi connectivity index (χ1v) is 7.83. The van der Waals surface area contributed by atoms with Crippen molar-refractivity contribution in [1.82, 2.24) is 4.72 Å². The van der Waals surface area contributed by atoms with Gasteiger partial charge in [0, 0.05) is 11.7 Å². The minimum Gasteiger partial charge on any atom is -0.399 e. The first-order valence-electron chi connectivity index (χ1n) is 5.97. The lowest BCUT2D eigenvalue weighted by atomic mass is 9.81. The van der Waals surface area contributed by atoms with Gasteiger partial charge in [-0.25, -0.2) is 13.1 Å². The predicted octanol–water partition coefficient (Wildman–Crippen LogP) is 2.39. The van der Waals surface area contributed by atoms with Gasteiger partial charge in [-0.15, -0.1) is 0 Å². The standard InChI is InChI=1S/C12H17ClN2O2S/c1-8(9-3-2-4-9)15-18(16,17)12-6-5-10(14)7-11(12)13/h5-9,15H,2-4,14H2,1H3. The molecule has 1 aliphatic rings. The van der Waals surface area contributed by atoms with Crippen LogP contribution in [0.3, 0.4) is 0 Å². The molecule has 4 nitrogen and oxygen atoms in total. The maximum Gasteiger partial charge on any atom is 0.242 e. The maximum atomic E-state index is 12.2. The SMILES string of the molecule is CC(NS(=O)(=O)c1ccc(N)cc1Cl)C1CCC1. The highest BCUT2D eigenvalue weighted by Gasteiger charge is 2.28. The molecule has 1 saturated carbocycles. The number of nitrogens with two attached hydrogens (primary N) is 1. The number of nitrogens with one attached hydrogen (secondary N) is 1. The number of benzene rings is 1. The smallest absolute Gasteiger partial charge is 0.242 e. The Morgan fingerprint density at radius 1 is 1.44 bits per heavy atom. The number of sulfonamides is 1. The van der Waals surface area contributed by atoms with Crippen molar-refractivity contribution >= 4 is 27.3 Å². The van der Waals surface area contributed by atoms with E-state index in [4.69, 9.17) is 17.3 Å². The summed E-state index contributed by atoms with van der Waals surface area (Å²) in [5.74, 6) is 0.437. The van der Waals surface area contributed by atoms with Gasteiger partial charge in [-0.1, -0.05) is 18.0 Å². The minimum absolute atomic E-state index is 0.0580. The van der Waals surface area contributed by atoms with E-state index >= 15 is 0 Å². The third-order valence-corrected chi connectivity index (χ3v) is 5.49. The van der Waals surface area contributed by atoms with Gasteiger partial charge in [0.2, 0.25) is 10.0 Å². The van der Waals surface area contributed by atoms with Gasteiger partial charge in [0.05, 0.1) is 5.02 Å². The quantitative estimate of drug-likeness (QED) is 0.836. The molecule has 3 N–H and O–H groups in total. The van der Waals surface area contributed by atoms with Crippen LogP contribution in [0.15, 0.2) is 23.1 Å². The van der Waals surface area contributed by atoms with Crippen molar-refractivity contribution < 1.29 is 8.42 Å². The predicted molar refractivity (Wildman–Crippen MR) is 73.0 cm³/mol. The van der Waals surface area contributed by atoms with Crippen LogP contribution in [0.25, 0.3) is 0 Å². The molecule has 0 saturated heterocycles. The van der Waals surface area contributed by atoms with Gasteiger partial charge in [-0.3, -0.25) is 0 Å². The molecule has 0 heterocycles. The number of hydrogen-bond donors (Lipinski definition) is 2. The Morgan fingerprint density at radius 3 is 2.61 bits per heavy atom. The average Bonchev–Trinajstić information content (AvgIpc) is 2.12. The summed E-state index contributed by atoms with van der Waals surface area (Å²) in [6, 6.07) is 4.36. The summed E-state index contributed by atoms with van der Waals surface area (Å²) >= 11 is 5.93. The van der Waals surface area contributed by atoms with Gasteiger partial charge in [-0.2, -0.15) is 0 Å². The second-order valence-electron chi connectivity index (χ2n) is 4.79. The van der Waals surface area contributed by atoms with Crippen LogP contribution in [0, 0.1) is 5.92 Å². The topological polar surface area (TPSA) is 72.2 Å². The number of rotatable bonds is 4. The van der Waals surface area contributed by atoms with E-state index in [1.54, 1.807) is 0 Å². The van der Waals surface area contributed by atoms with Crippen molar-refractivity contribution in [2.45, 2.75) is 37.1 Å². The van der Waals surface area contributed by atoms with Gasteiger partial charge in [-0.05, 0) is 43.9 Å². The molecular formula is C12H17ClN2O2S. The molecule has 0 aromatic heterocycles. The highest BCUT2D eigenvalue weighted by atomic mass is 35.5. The third kappa shape index (κ3) is 2.79. The van der Waals surface area contributed by atoms with Crippen molar-refractivity contribution in [3.8, 4) is 0 Å². The molecule has 0 amide bonds. The second-order valence-corrected chi connectivity index (χ2v) is 6.88. The molecule has 1 aromatic rings. The van der Waals surface area contributed by atoms with Crippen LogP contribution >= 0.6 is 11.6 Å². The molecule has 0 aliphatic heterocycles. The Morgan fingerprint density at radius 2 is 2.11 bits per heavy atom. The Bertz CT molecular complexity index is 541. The molecule has 100 valence electrons. The Hall–Kier alpha value is -0.780. The van der Waals surface area contributed by atoms with Gasteiger partial charge >= 0.3 is 0 Å². The molecule has 6 heteroatoms. The largest absolute Gasteiger partial charge is 0.399 e. The molecule has 0 spiro atoms. The maximum absolute atomic E-state index is 12.2. The van der Waals surface area contributed by atoms with Crippen LogP contribution in [-0.4, -0.2) is 14.5 Å². The first-order chi connectivity index (χ1) is 8.40. The van der Waals surface area contributed by atoms with E-state index in [9.17, 15) is 8.42 Å². The van der Waals surface area contributed by atoms with Gasteiger partial charge in [0.15, 0.2) is 0 Å². The number of hydrogen-bond acceptors (Lipinski definition) is 3. The Labute approximate surface area is 113 Å². The van der Waals surface area contributed by atoms with Crippen LogP contribution in [0.5, 0.6) is 0 Å². The normalized spacial score (nSPS) is 18.3. The lowest BCUT2D eigenvalue weighted by Gasteiger charge is -2.31. The Balaban J connectivity index is 2.19. The second kappa shape index (κ2) is 5.07. The van der Waals surface area contributed by atoms with Crippen molar-refractivity contribution in [3.63, 3.8) is 0 Å². The highest BCUT2D eigenvalue weighted by molar-refractivity contribution is 7.89. The summed E-state index contributed by atoms with van der Waals surface area (Å²) in [6.07, 6.45) is 3.34. The van der Waals surface area contributed by atoms with Crippen LogP contribution < -0.4 is 10.5 Å². The van der Waals surface area contributed by atoms with Crippen molar-refractivity contribution in [2.75, 3.05) is 5.73 Å². The fraction of sp³-hybridized carbons (Fsp3) is 0.500. The number of anilines is 1. The van der Waals surface area contributed by atoms with Crippen molar-refractivity contribution in [1.29, 1.82) is 0 Å². The summed E-state index contributed by atoms with van der Waals surface area (Å²) < 4.78 is 27.0. The molecule has 1 aliphatic carbocycles. The van der Waals surface area contributed by atoms with Gasteiger partial charge in [0.1, 0.15) is 4.90 Å². The highest BCUT2D eigenvalue weighted by Crippen LogP contribution is 2.31.